The molecule has 2 aliphatic rings. The van der Waals surface area contributed by atoms with Crippen molar-refractivity contribution < 1.29 is 14.7 Å². The maximum Gasteiger partial charge on any atom is 0.326 e. The molecule has 0 spiro atoms. The van der Waals surface area contributed by atoms with Crippen molar-refractivity contribution in [1.29, 1.82) is 0 Å². The Bertz CT molecular complexity index is 1030. The Morgan fingerprint density at radius 2 is 1.82 bits per heavy atom. The lowest BCUT2D eigenvalue weighted by atomic mass is 9.49. The summed E-state index contributed by atoms with van der Waals surface area (Å²) in [5.41, 5.74) is 4.46. The van der Waals surface area contributed by atoms with Gasteiger partial charge in [-0.1, -0.05) is 82.6 Å². The van der Waals surface area contributed by atoms with Crippen LogP contribution >= 0.6 is 0 Å². The van der Waals surface area contributed by atoms with Gasteiger partial charge in [0.15, 0.2) is 0 Å². The smallest absolute Gasteiger partial charge is 0.326 e. The molecule has 2 aliphatic carbocycles. The Morgan fingerprint density at radius 3 is 2.48 bits per heavy atom. The lowest BCUT2D eigenvalue weighted by Gasteiger charge is -2.54. The zero-order valence-corrected chi connectivity index (χ0v) is 20.4. The van der Waals surface area contributed by atoms with Gasteiger partial charge in [0.05, 0.1) is 5.41 Å². The number of fused-ring (bicyclic) bond motifs is 3. The van der Waals surface area contributed by atoms with Gasteiger partial charge in [-0.05, 0) is 65.2 Å². The van der Waals surface area contributed by atoms with E-state index in [1.807, 2.05) is 30.3 Å². The van der Waals surface area contributed by atoms with E-state index in [4.69, 9.17) is 0 Å². The van der Waals surface area contributed by atoms with Crippen molar-refractivity contribution in [3.63, 3.8) is 0 Å². The van der Waals surface area contributed by atoms with E-state index < -0.39 is 17.4 Å². The maximum absolute atomic E-state index is 13.7. The van der Waals surface area contributed by atoms with E-state index in [9.17, 15) is 14.7 Å². The number of hydrogen-bond donors (Lipinski definition) is 2. The van der Waals surface area contributed by atoms with Crippen molar-refractivity contribution in [3.8, 4) is 0 Å². The van der Waals surface area contributed by atoms with Crippen molar-refractivity contribution in [2.75, 3.05) is 0 Å². The fraction of sp³-hybridized carbons (Fsp3) is 0.517. The summed E-state index contributed by atoms with van der Waals surface area (Å²) in [5, 5.41) is 12.8. The number of nitrogens with one attached hydrogen (secondary N) is 1. The SMILES string of the molecule is CC(C)c1ccc2c(c1)CC[C@H]1[C@](C)(C(=O)N[C@H](Cc3ccccc3)C(=O)O)CCC[C@]21C. The van der Waals surface area contributed by atoms with Gasteiger partial charge in [-0.15, -0.1) is 0 Å². The van der Waals surface area contributed by atoms with Crippen LogP contribution in [0, 0.1) is 11.3 Å². The molecule has 4 heteroatoms. The first-order chi connectivity index (χ1) is 15.6. The number of hydrogen-bond acceptors (Lipinski definition) is 2. The Morgan fingerprint density at radius 1 is 1.09 bits per heavy atom. The summed E-state index contributed by atoms with van der Waals surface area (Å²) in [5.74, 6) is -0.392. The molecule has 0 saturated heterocycles. The average Bonchev–Trinajstić information content (AvgIpc) is 2.78. The molecule has 2 aromatic rings. The van der Waals surface area contributed by atoms with Crippen molar-refractivity contribution in [3.05, 3.63) is 70.8 Å². The lowest BCUT2D eigenvalue weighted by molar-refractivity contribution is -0.147. The molecule has 1 saturated carbocycles. The van der Waals surface area contributed by atoms with Crippen LogP contribution in [0.2, 0.25) is 0 Å². The maximum atomic E-state index is 13.7. The molecular weight excluding hydrogens is 410 g/mol. The standard InChI is InChI=1S/C29H37NO3/c1-19(2)21-11-13-23-22(18-21)12-14-25-28(23,3)15-8-16-29(25,4)27(33)30-24(26(31)32)17-20-9-6-5-7-10-20/h5-7,9-11,13,18-19,24-25H,8,12,14-17H2,1-4H3,(H,30,33)(H,31,32)/t24-,25-,28-,29-/m1/s1. The van der Waals surface area contributed by atoms with Crippen molar-refractivity contribution in [1.82, 2.24) is 5.32 Å². The predicted octanol–water partition coefficient (Wildman–Crippen LogP) is 5.63. The number of rotatable bonds is 6. The van der Waals surface area contributed by atoms with E-state index in [1.54, 1.807) is 0 Å². The number of carbonyl (C=O) groups is 2. The molecule has 1 fully saturated rings. The summed E-state index contributed by atoms with van der Waals surface area (Å²) in [6.07, 6.45) is 5.08. The topological polar surface area (TPSA) is 66.4 Å². The number of amides is 1. The van der Waals surface area contributed by atoms with Crippen molar-refractivity contribution in [2.45, 2.75) is 83.6 Å². The highest BCUT2D eigenvalue weighted by Gasteiger charge is 2.55. The first-order valence-electron chi connectivity index (χ1n) is 12.4. The van der Waals surface area contributed by atoms with E-state index in [0.29, 0.717) is 12.3 Å². The summed E-state index contributed by atoms with van der Waals surface area (Å²) in [4.78, 5) is 25.7. The lowest BCUT2D eigenvalue weighted by Crippen LogP contribution is -2.57. The fourth-order valence-electron chi connectivity index (χ4n) is 6.52. The van der Waals surface area contributed by atoms with E-state index in [-0.39, 0.29) is 17.2 Å². The molecule has 0 aromatic heterocycles. The zero-order valence-electron chi connectivity index (χ0n) is 20.4. The molecule has 0 aliphatic heterocycles. The van der Waals surface area contributed by atoms with Gasteiger partial charge >= 0.3 is 5.97 Å². The van der Waals surface area contributed by atoms with Crippen LogP contribution in [0.25, 0.3) is 0 Å². The molecule has 33 heavy (non-hydrogen) atoms. The fourth-order valence-corrected chi connectivity index (χ4v) is 6.52. The molecule has 0 bridgehead atoms. The predicted molar refractivity (Wildman–Crippen MR) is 131 cm³/mol. The number of carboxylic acid groups (broad SMARTS) is 1. The molecule has 0 radical (unpaired) electrons. The Balaban J connectivity index is 1.60. The number of carboxylic acids is 1. The molecule has 0 heterocycles. The summed E-state index contributed by atoms with van der Waals surface area (Å²) in [6, 6.07) is 15.5. The van der Waals surface area contributed by atoms with Gasteiger partial charge in [-0.25, -0.2) is 4.79 Å². The molecule has 0 unspecified atom stereocenters. The normalized spacial score (nSPS) is 27.4. The Kier molecular flexibility index (Phi) is 6.39. The van der Waals surface area contributed by atoms with Crippen LogP contribution in [0.5, 0.6) is 0 Å². The molecule has 4 rings (SSSR count). The Labute approximate surface area is 197 Å². The van der Waals surface area contributed by atoms with Crippen LogP contribution in [-0.2, 0) is 27.8 Å². The number of benzene rings is 2. The molecule has 2 N–H and O–H groups in total. The molecule has 2 aromatic carbocycles. The summed E-state index contributed by atoms with van der Waals surface area (Å²) in [7, 11) is 0. The number of aryl methyl sites for hydroxylation is 1. The highest BCUT2D eigenvalue weighted by Crippen LogP contribution is 2.57. The first-order valence-corrected chi connectivity index (χ1v) is 12.4. The quantitative estimate of drug-likeness (QED) is 0.603. The molecule has 176 valence electrons. The first kappa shape index (κ1) is 23.5. The summed E-state index contributed by atoms with van der Waals surface area (Å²) >= 11 is 0. The van der Waals surface area contributed by atoms with E-state index >= 15 is 0 Å². The molecular formula is C29H37NO3. The third kappa shape index (κ3) is 4.32. The second-order valence-electron chi connectivity index (χ2n) is 10.9. The second kappa shape index (κ2) is 8.96. The van der Waals surface area contributed by atoms with Crippen molar-refractivity contribution >= 4 is 11.9 Å². The average molecular weight is 448 g/mol. The second-order valence-corrected chi connectivity index (χ2v) is 10.9. The van der Waals surface area contributed by atoms with E-state index in [2.05, 4.69) is 51.2 Å². The van der Waals surface area contributed by atoms with E-state index in [1.165, 1.54) is 16.7 Å². The van der Waals surface area contributed by atoms with Gasteiger partial charge in [0.1, 0.15) is 6.04 Å². The molecule has 1 amide bonds. The van der Waals surface area contributed by atoms with Crippen LogP contribution in [0.3, 0.4) is 0 Å². The zero-order chi connectivity index (χ0) is 23.8. The van der Waals surface area contributed by atoms with E-state index in [0.717, 1.165) is 37.7 Å². The van der Waals surface area contributed by atoms with Gasteiger partial charge in [-0.3, -0.25) is 4.79 Å². The number of aliphatic carboxylic acids is 1. The largest absolute Gasteiger partial charge is 0.480 e. The highest BCUT2D eigenvalue weighted by atomic mass is 16.4. The minimum absolute atomic E-state index is 0.0639. The molecule has 4 nitrogen and oxygen atoms in total. The van der Waals surface area contributed by atoms with Crippen LogP contribution < -0.4 is 5.32 Å². The van der Waals surface area contributed by atoms with Gasteiger partial charge in [0.2, 0.25) is 5.91 Å². The highest BCUT2D eigenvalue weighted by molar-refractivity contribution is 5.88. The van der Waals surface area contributed by atoms with Gasteiger partial charge in [-0.2, -0.15) is 0 Å². The third-order valence-corrected chi connectivity index (χ3v) is 8.45. The van der Waals surface area contributed by atoms with Crippen LogP contribution in [0.1, 0.15) is 81.5 Å². The van der Waals surface area contributed by atoms with Gasteiger partial charge in [0, 0.05) is 6.42 Å². The van der Waals surface area contributed by atoms with Gasteiger partial charge in [0.25, 0.3) is 0 Å². The minimum atomic E-state index is -0.982. The number of carbonyl (C=O) groups excluding carboxylic acids is 1. The third-order valence-electron chi connectivity index (χ3n) is 8.45. The van der Waals surface area contributed by atoms with Crippen molar-refractivity contribution in [2.24, 2.45) is 11.3 Å². The van der Waals surface area contributed by atoms with Crippen LogP contribution in [0.4, 0.5) is 0 Å². The minimum Gasteiger partial charge on any atom is -0.480 e. The Hall–Kier alpha value is -2.62. The summed E-state index contributed by atoms with van der Waals surface area (Å²) in [6.45, 7) is 8.85. The van der Waals surface area contributed by atoms with Crippen LogP contribution in [-0.4, -0.2) is 23.0 Å². The monoisotopic (exact) mass is 447 g/mol. The van der Waals surface area contributed by atoms with Gasteiger partial charge < -0.3 is 10.4 Å². The molecule has 4 atom stereocenters. The van der Waals surface area contributed by atoms with Crippen LogP contribution in [0.15, 0.2) is 48.5 Å². The summed E-state index contributed by atoms with van der Waals surface area (Å²) < 4.78 is 0.